The predicted octanol–water partition coefficient (Wildman–Crippen LogP) is 4.04. The van der Waals surface area contributed by atoms with Crippen LogP contribution in [0.15, 0.2) is 48.8 Å². The molecule has 2 rings (SSSR count). The smallest absolute Gasteiger partial charge is 0.0678 e. The molecular weight excluding hydrogens is 272 g/mol. The summed E-state index contributed by atoms with van der Waals surface area (Å²) in [7, 11) is 0. The van der Waals surface area contributed by atoms with Crippen LogP contribution in [0.2, 0.25) is 0 Å². The maximum atomic E-state index is 5.88. The molecule has 1 N–H and O–H groups in total. The highest BCUT2D eigenvalue weighted by molar-refractivity contribution is 5.62. The van der Waals surface area contributed by atoms with Crippen LogP contribution in [0.3, 0.4) is 0 Å². The number of nitrogens with zero attached hydrogens (tertiary/aromatic N) is 1. The van der Waals surface area contributed by atoms with Gasteiger partial charge in [-0.3, -0.25) is 4.98 Å². The molecule has 2 aromatic rings. The van der Waals surface area contributed by atoms with Gasteiger partial charge < -0.3 is 10.1 Å². The largest absolute Gasteiger partial charge is 0.372 e. The SMILES string of the molecule is CC(CNCc1ccc(-c2ccncc2)cc1)OC(C)(C)C. The molecule has 1 aromatic carbocycles. The molecule has 0 aliphatic heterocycles. The standard InChI is InChI=1S/C19H26N2O/c1-15(22-19(2,3)4)13-21-14-16-5-7-17(8-6-16)18-9-11-20-12-10-18/h5-12,15,21H,13-14H2,1-4H3. The molecule has 0 spiro atoms. The highest BCUT2D eigenvalue weighted by atomic mass is 16.5. The fourth-order valence-corrected chi connectivity index (χ4v) is 2.42. The first-order valence-corrected chi connectivity index (χ1v) is 7.82. The maximum absolute atomic E-state index is 5.88. The lowest BCUT2D eigenvalue weighted by molar-refractivity contribution is -0.0499. The van der Waals surface area contributed by atoms with Gasteiger partial charge in [-0.2, -0.15) is 0 Å². The second-order valence-corrected chi connectivity index (χ2v) is 6.60. The Morgan fingerprint density at radius 3 is 2.18 bits per heavy atom. The van der Waals surface area contributed by atoms with Crippen molar-refractivity contribution in [2.24, 2.45) is 0 Å². The van der Waals surface area contributed by atoms with E-state index in [0.717, 1.165) is 13.1 Å². The number of ether oxygens (including phenoxy) is 1. The lowest BCUT2D eigenvalue weighted by Crippen LogP contribution is -2.33. The van der Waals surface area contributed by atoms with E-state index in [0.29, 0.717) is 0 Å². The summed E-state index contributed by atoms with van der Waals surface area (Å²) in [5.41, 5.74) is 3.60. The number of nitrogens with one attached hydrogen (secondary N) is 1. The Morgan fingerprint density at radius 1 is 1.00 bits per heavy atom. The van der Waals surface area contributed by atoms with E-state index in [1.165, 1.54) is 16.7 Å². The average Bonchev–Trinajstić information content (AvgIpc) is 2.47. The summed E-state index contributed by atoms with van der Waals surface area (Å²) in [5.74, 6) is 0. The minimum absolute atomic E-state index is 0.0900. The number of aromatic nitrogens is 1. The van der Waals surface area contributed by atoms with Crippen molar-refractivity contribution in [3.05, 3.63) is 54.4 Å². The van der Waals surface area contributed by atoms with Crippen LogP contribution in [-0.4, -0.2) is 23.2 Å². The first-order valence-electron chi connectivity index (χ1n) is 7.82. The molecule has 0 aliphatic carbocycles. The van der Waals surface area contributed by atoms with Gasteiger partial charge in [-0.25, -0.2) is 0 Å². The number of pyridine rings is 1. The van der Waals surface area contributed by atoms with E-state index in [2.05, 4.69) is 62.3 Å². The van der Waals surface area contributed by atoms with Crippen molar-refractivity contribution in [2.45, 2.75) is 45.9 Å². The molecule has 0 saturated carbocycles. The van der Waals surface area contributed by atoms with Crippen LogP contribution >= 0.6 is 0 Å². The van der Waals surface area contributed by atoms with E-state index in [-0.39, 0.29) is 11.7 Å². The number of hydrogen-bond donors (Lipinski definition) is 1. The monoisotopic (exact) mass is 298 g/mol. The first-order chi connectivity index (χ1) is 10.4. The van der Waals surface area contributed by atoms with E-state index >= 15 is 0 Å². The summed E-state index contributed by atoms with van der Waals surface area (Å²) < 4.78 is 5.88. The van der Waals surface area contributed by atoms with E-state index in [9.17, 15) is 0 Å². The van der Waals surface area contributed by atoms with E-state index in [1.54, 1.807) is 0 Å². The number of benzene rings is 1. The molecule has 0 amide bonds. The van der Waals surface area contributed by atoms with Gasteiger partial charge in [0, 0.05) is 25.5 Å². The van der Waals surface area contributed by atoms with Gasteiger partial charge in [-0.15, -0.1) is 0 Å². The fourth-order valence-electron chi connectivity index (χ4n) is 2.42. The molecule has 1 heterocycles. The van der Waals surface area contributed by atoms with Crippen molar-refractivity contribution in [1.29, 1.82) is 0 Å². The summed E-state index contributed by atoms with van der Waals surface area (Å²) in [4.78, 5) is 4.05. The van der Waals surface area contributed by atoms with Crippen LogP contribution in [0.5, 0.6) is 0 Å². The lowest BCUT2D eigenvalue weighted by Gasteiger charge is -2.25. The zero-order valence-electron chi connectivity index (χ0n) is 14.0. The molecular formula is C19H26N2O. The molecule has 1 aromatic heterocycles. The van der Waals surface area contributed by atoms with Gasteiger partial charge >= 0.3 is 0 Å². The molecule has 0 bridgehead atoms. The summed E-state index contributed by atoms with van der Waals surface area (Å²) >= 11 is 0. The number of rotatable bonds is 6. The van der Waals surface area contributed by atoms with E-state index in [4.69, 9.17) is 4.74 Å². The zero-order chi connectivity index (χ0) is 16.0. The molecule has 3 heteroatoms. The Labute approximate surface area is 133 Å². The van der Waals surface area contributed by atoms with Gasteiger partial charge in [-0.05, 0) is 56.5 Å². The fraction of sp³-hybridized carbons (Fsp3) is 0.421. The average molecular weight is 298 g/mol. The molecule has 0 radical (unpaired) electrons. The lowest BCUT2D eigenvalue weighted by atomic mass is 10.1. The second kappa shape index (κ2) is 7.52. The third-order valence-electron chi connectivity index (χ3n) is 3.28. The number of hydrogen-bond acceptors (Lipinski definition) is 3. The highest BCUT2D eigenvalue weighted by Crippen LogP contribution is 2.18. The predicted molar refractivity (Wildman–Crippen MR) is 91.7 cm³/mol. The van der Waals surface area contributed by atoms with Gasteiger partial charge in [-0.1, -0.05) is 24.3 Å². The van der Waals surface area contributed by atoms with E-state index < -0.39 is 0 Å². The Hall–Kier alpha value is -1.71. The maximum Gasteiger partial charge on any atom is 0.0678 e. The second-order valence-electron chi connectivity index (χ2n) is 6.60. The highest BCUT2D eigenvalue weighted by Gasteiger charge is 2.14. The Balaban J connectivity index is 1.82. The first kappa shape index (κ1) is 16.7. The van der Waals surface area contributed by atoms with Crippen LogP contribution in [0, 0.1) is 0 Å². The topological polar surface area (TPSA) is 34.2 Å². The minimum atomic E-state index is -0.0900. The zero-order valence-corrected chi connectivity index (χ0v) is 14.0. The summed E-state index contributed by atoms with van der Waals surface area (Å²) in [5, 5.41) is 3.45. The molecule has 3 nitrogen and oxygen atoms in total. The van der Waals surface area contributed by atoms with Gasteiger partial charge in [0.25, 0.3) is 0 Å². The van der Waals surface area contributed by atoms with Gasteiger partial charge in [0.1, 0.15) is 0 Å². The van der Waals surface area contributed by atoms with Crippen LogP contribution in [0.25, 0.3) is 11.1 Å². The summed E-state index contributed by atoms with van der Waals surface area (Å²) in [6.45, 7) is 10.1. The van der Waals surface area contributed by atoms with Crippen LogP contribution in [0.1, 0.15) is 33.3 Å². The van der Waals surface area contributed by atoms with Crippen molar-refractivity contribution in [2.75, 3.05) is 6.54 Å². The third-order valence-corrected chi connectivity index (χ3v) is 3.28. The Morgan fingerprint density at radius 2 is 1.59 bits per heavy atom. The minimum Gasteiger partial charge on any atom is -0.372 e. The van der Waals surface area contributed by atoms with Crippen molar-refractivity contribution in [3.63, 3.8) is 0 Å². The van der Waals surface area contributed by atoms with Crippen LogP contribution in [0.4, 0.5) is 0 Å². The van der Waals surface area contributed by atoms with Crippen molar-refractivity contribution in [3.8, 4) is 11.1 Å². The Bertz CT molecular complexity index is 558. The quantitative estimate of drug-likeness (QED) is 0.874. The normalized spacial score (nSPS) is 13.1. The van der Waals surface area contributed by atoms with Gasteiger partial charge in [0.2, 0.25) is 0 Å². The summed E-state index contributed by atoms with van der Waals surface area (Å²) in [6, 6.07) is 12.7. The van der Waals surface area contributed by atoms with E-state index in [1.807, 2.05) is 24.5 Å². The molecule has 0 aliphatic rings. The molecule has 0 saturated heterocycles. The third kappa shape index (κ3) is 5.58. The Kier molecular flexibility index (Phi) is 5.69. The van der Waals surface area contributed by atoms with Crippen LogP contribution < -0.4 is 5.32 Å². The van der Waals surface area contributed by atoms with Crippen molar-refractivity contribution in [1.82, 2.24) is 10.3 Å². The molecule has 118 valence electrons. The molecule has 22 heavy (non-hydrogen) atoms. The van der Waals surface area contributed by atoms with Crippen molar-refractivity contribution >= 4 is 0 Å². The molecule has 1 unspecified atom stereocenters. The van der Waals surface area contributed by atoms with Gasteiger partial charge in [0.15, 0.2) is 0 Å². The van der Waals surface area contributed by atoms with Crippen molar-refractivity contribution < 1.29 is 4.74 Å². The van der Waals surface area contributed by atoms with Gasteiger partial charge in [0.05, 0.1) is 11.7 Å². The summed E-state index contributed by atoms with van der Waals surface area (Å²) in [6.07, 6.45) is 3.85. The van der Waals surface area contributed by atoms with Crippen LogP contribution in [-0.2, 0) is 11.3 Å². The molecule has 1 atom stereocenters. The molecule has 0 fully saturated rings.